The number of carboxylic acid groups (broad SMARTS) is 2. The van der Waals surface area contributed by atoms with E-state index in [0.717, 1.165) is 10.9 Å². The minimum absolute atomic E-state index is 0.0578. The molecule has 0 bridgehead atoms. The zero-order valence-corrected chi connectivity index (χ0v) is 20.7. The Balaban J connectivity index is 2.14. The van der Waals surface area contributed by atoms with Crippen LogP contribution in [0.3, 0.4) is 0 Å². The van der Waals surface area contributed by atoms with Gasteiger partial charge in [-0.2, -0.15) is 0 Å². The van der Waals surface area contributed by atoms with Crippen LogP contribution in [0.4, 0.5) is 0 Å². The molecule has 3 amide bonds. The number of benzene rings is 1. The van der Waals surface area contributed by atoms with Crippen molar-refractivity contribution >= 4 is 40.6 Å². The number of rotatable bonds is 13. The van der Waals surface area contributed by atoms with E-state index in [4.69, 9.17) is 10.8 Å². The van der Waals surface area contributed by atoms with Gasteiger partial charge in [0.25, 0.3) is 0 Å². The zero-order chi connectivity index (χ0) is 27.9. The maximum atomic E-state index is 12.9. The number of para-hydroxylation sites is 1. The van der Waals surface area contributed by atoms with Gasteiger partial charge in [-0.25, -0.2) is 4.79 Å². The number of aliphatic carboxylic acids is 2. The van der Waals surface area contributed by atoms with Gasteiger partial charge in [0.15, 0.2) is 0 Å². The summed E-state index contributed by atoms with van der Waals surface area (Å²) in [6.45, 7) is 4.45. The Morgan fingerprint density at radius 3 is 2.08 bits per heavy atom. The lowest BCUT2D eigenvalue weighted by Crippen LogP contribution is -2.61. The van der Waals surface area contributed by atoms with Gasteiger partial charge in [-0.1, -0.05) is 32.0 Å². The molecule has 0 aliphatic carbocycles. The summed E-state index contributed by atoms with van der Waals surface area (Å²) in [4.78, 5) is 63.8. The summed E-state index contributed by atoms with van der Waals surface area (Å²) >= 11 is 0. The molecule has 1 heterocycles. The first kappa shape index (κ1) is 29.3. The monoisotopic (exact) mass is 519 g/mol. The molecule has 13 heteroatoms. The molecular formula is C24H33N5O8. The number of nitrogens with two attached hydrogens (primary N) is 1. The molecule has 202 valence electrons. The largest absolute Gasteiger partial charge is 0.481 e. The molecule has 0 saturated carbocycles. The molecule has 0 spiro atoms. The molecule has 0 aliphatic rings. The molecule has 37 heavy (non-hydrogen) atoms. The number of hydrogen-bond donors (Lipinski definition) is 8. The Morgan fingerprint density at radius 2 is 1.51 bits per heavy atom. The molecule has 13 nitrogen and oxygen atoms in total. The summed E-state index contributed by atoms with van der Waals surface area (Å²) in [6.07, 6.45) is -0.475. The molecule has 9 N–H and O–H groups in total. The molecule has 0 aliphatic heterocycles. The lowest BCUT2D eigenvalue weighted by Gasteiger charge is -2.28. The molecule has 2 aromatic rings. The van der Waals surface area contributed by atoms with Gasteiger partial charge in [0.2, 0.25) is 17.7 Å². The number of aromatic nitrogens is 1. The van der Waals surface area contributed by atoms with Crippen LogP contribution < -0.4 is 21.7 Å². The second-order valence-electron chi connectivity index (χ2n) is 9.12. The highest BCUT2D eigenvalue weighted by Crippen LogP contribution is 2.19. The van der Waals surface area contributed by atoms with Crippen molar-refractivity contribution in [2.45, 2.75) is 63.9 Å². The van der Waals surface area contributed by atoms with Gasteiger partial charge >= 0.3 is 11.9 Å². The number of H-pyrrole nitrogens is 1. The number of hydrogen-bond acceptors (Lipinski definition) is 7. The number of nitrogens with one attached hydrogen (secondary N) is 4. The SMILES string of the molecule is CC(C)C(NC(=O)C(N)CC(=O)O)C(=O)NC(C(=O)NC(Cc1c[nH]c2ccccc12)C(=O)O)C(C)O. The number of amides is 3. The van der Waals surface area contributed by atoms with Crippen molar-refractivity contribution in [1.82, 2.24) is 20.9 Å². The van der Waals surface area contributed by atoms with Crippen LogP contribution in [0.1, 0.15) is 32.8 Å². The third-order valence-corrected chi connectivity index (χ3v) is 5.75. The van der Waals surface area contributed by atoms with Gasteiger partial charge in [0.05, 0.1) is 18.6 Å². The smallest absolute Gasteiger partial charge is 0.326 e. The average Bonchev–Trinajstić information content (AvgIpc) is 3.21. The average molecular weight is 520 g/mol. The Hall–Kier alpha value is -3.97. The van der Waals surface area contributed by atoms with E-state index < -0.39 is 72.3 Å². The molecule has 1 aromatic heterocycles. The second-order valence-corrected chi connectivity index (χ2v) is 9.12. The molecule has 0 saturated heterocycles. The van der Waals surface area contributed by atoms with Crippen molar-refractivity contribution in [2.24, 2.45) is 11.7 Å². The van der Waals surface area contributed by atoms with Gasteiger partial charge in [0.1, 0.15) is 18.1 Å². The van der Waals surface area contributed by atoms with E-state index in [9.17, 15) is 34.2 Å². The molecule has 0 radical (unpaired) electrons. The van der Waals surface area contributed by atoms with E-state index in [2.05, 4.69) is 20.9 Å². The van der Waals surface area contributed by atoms with Crippen molar-refractivity contribution in [1.29, 1.82) is 0 Å². The number of carbonyl (C=O) groups excluding carboxylic acids is 3. The van der Waals surface area contributed by atoms with Crippen molar-refractivity contribution in [3.8, 4) is 0 Å². The maximum absolute atomic E-state index is 12.9. The van der Waals surface area contributed by atoms with Crippen LogP contribution in [0, 0.1) is 5.92 Å². The van der Waals surface area contributed by atoms with E-state index in [0.29, 0.717) is 5.56 Å². The first-order valence-corrected chi connectivity index (χ1v) is 11.7. The molecule has 0 fully saturated rings. The highest BCUT2D eigenvalue weighted by Gasteiger charge is 2.34. The van der Waals surface area contributed by atoms with Crippen molar-refractivity contribution in [2.75, 3.05) is 0 Å². The summed E-state index contributed by atoms with van der Waals surface area (Å²) in [5, 5.41) is 36.5. The van der Waals surface area contributed by atoms with E-state index >= 15 is 0 Å². The summed E-state index contributed by atoms with van der Waals surface area (Å²) in [5.74, 6) is -5.75. The van der Waals surface area contributed by atoms with Crippen LogP contribution in [-0.2, 0) is 30.4 Å². The standard InChI is InChI=1S/C24H33N5O8/c1-11(2)19(28-21(33)15(25)9-18(31)32)22(34)29-20(12(3)30)23(35)27-17(24(36)37)8-13-10-26-16-7-5-4-6-14(13)16/h4-7,10-12,15,17,19-20,26,30H,8-9,25H2,1-3H3,(H,27,35)(H,28,33)(H,29,34)(H,31,32)(H,36,37). The lowest BCUT2D eigenvalue weighted by molar-refractivity contribution is -0.143. The third-order valence-electron chi connectivity index (χ3n) is 5.75. The summed E-state index contributed by atoms with van der Waals surface area (Å²) in [7, 11) is 0. The normalized spacial score (nSPS) is 15.3. The fourth-order valence-electron chi connectivity index (χ4n) is 3.71. The van der Waals surface area contributed by atoms with Gasteiger partial charge in [-0.3, -0.25) is 19.2 Å². The Morgan fingerprint density at radius 1 is 0.919 bits per heavy atom. The van der Waals surface area contributed by atoms with Gasteiger partial charge in [-0.05, 0) is 24.5 Å². The fraction of sp³-hybridized carbons (Fsp3) is 0.458. The van der Waals surface area contributed by atoms with E-state index in [-0.39, 0.29) is 6.42 Å². The van der Waals surface area contributed by atoms with Crippen LogP contribution >= 0.6 is 0 Å². The second kappa shape index (κ2) is 12.8. The van der Waals surface area contributed by atoms with Gasteiger partial charge in [0, 0.05) is 23.5 Å². The minimum atomic E-state index is -1.54. The predicted molar refractivity (Wildman–Crippen MR) is 132 cm³/mol. The highest BCUT2D eigenvalue weighted by molar-refractivity contribution is 5.95. The van der Waals surface area contributed by atoms with Crippen molar-refractivity contribution in [3.63, 3.8) is 0 Å². The minimum Gasteiger partial charge on any atom is -0.481 e. The molecule has 1 aromatic carbocycles. The number of aromatic amines is 1. The van der Waals surface area contributed by atoms with E-state index in [1.165, 1.54) is 6.92 Å². The predicted octanol–water partition coefficient (Wildman–Crippen LogP) is -0.912. The van der Waals surface area contributed by atoms with Crippen LogP contribution in [0.15, 0.2) is 30.5 Å². The number of carboxylic acids is 2. The Kier molecular flexibility index (Phi) is 10.1. The topological polar surface area (TPSA) is 224 Å². The molecule has 2 rings (SSSR count). The Bertz CT molecular complexity index is 1150. The maximum Gasteiger partial charge on any atom is 0.326 e. The third kappa shape index (κ3) is 8.02. The number of carbonyl (C=O) groups is 5. The first-order chi connectivity index (χ1) is 17.3. The quantitative estimate of drug-likeness (QED) is 0.164. The summed E-state index contributed by atoms with van der Waals surface area (Å²) in [5.41, 5.74) is 7.00. The van der Waals surface area contributed by atoms with Crippen molar-refractivity contribution < 1.29 is 39.3 Å². The van der Waals surface area contributed by atoms with Crippen LogP contribution in [0.5, 0.6) is 0 Å². The number of aliphatic hydroxyl groups is 1. The Labute approximate surface area is 212 Å². The number of fused-ring (bicyclic) bond motifs is 1. The first-order valence-electron chi connectivity index (χ1n) is 11.7. The lowest BCUT2D eigenvalue weighted by atomic mass is 10.0. The molecule has 5 atom stereocenters. The fourth-order valence-corrected chi connectivity index (χ4v) is 3.71. The number of aliphatic hydroxyl groups excluding tert-OH is 1. The summed E-state index contributed by atoms with van der Waals surface area (Å²) in [6, 6.07) is 1.75. The zero-order valence-electron chi connectivity index (χ0n) is 20.7. The van der Waals surface area contributed by atoms with E-state index in [1.54, 1.807) is 26.1 Å². The van der Waals surface area contributed by atoms with Crippen LogP contribution in [0.2, 0.25) is 0 Å². The summed E-state index contributed by atoms with van der Waals surface area (Å²) < 4.78 is 0. The van der Waals surface area contributed by atoms with Crippen LogP contribution in [0.25, 0.3) is 10.9 Å². The van der Waals surface area contributed by atoms with Crippen molar-refractivity contribution in [3.05, 3.63) is 36.0 Å². The van der Waals surface area contributed by atoms with Gasteiger partial charge < -0.3 is 42.0 Å². The molecule has 5 unspecified atom stereocenters. The van der Waals surface area contributed by atoms with Crippen LogP contribution in [-0.4, -0.2) is 80.2 Å². The molecular weight excluding hydrogens is 486 g/mol. The highest BCUT2D eigenvalue weighted by atomic mass is 16.4. The van der Waals surface area contributed by atoms with E-state index in [1.807, 2.05) is 18.2 Å². The van der Waals surface area contributed by atoms with Gasteiger partial charge in [-0.15, -0.1) is 0 Å².